The molecule has 4 nitrogen and oxygen atoms in total. The van der Waals surface area contributed by atoms with Crippen molar-refractivity contribution < 1.29 is 9.59 Å². The minimum atomic E-state index is -0.476. The zero-order valence-electron chi connectivity index (χ0n) is 12.3. The van der Waals surface area contributed by atoms with Crippen molar-refractivity contribution in [3.05, 3.63) is 70.2 Å². The van der Waals surface area contributed by atoms with Crippen molar-refractivity contribution in [1.29, 1.82) is 0 Å². The molecule has 5 heteroatoms. The smallest absolute Gasteiger partial charge is 0.248 e. The van der Waals surface area contributed by atoms with E-state index in [0.29, 0.717) is 10.6 Å². The summed E-state index contributed by atoms with van der Waals surface area (Å²) in [6, 6.07) is 13.9. The van der Waals surface area contributed by atoms with Crippen LogP contribution in [0.3, 0.4) is 0 Å². The van der Waals surface area contributed by atoms with Gasteiger partial charge < -0.3 is 11.1 Å². The second-order valence-electron chi connectivity index (χ2n) is 4.79. The normalized spacial score (nSPS) is 9.61. The summed E-state index contributed by atoms with van der Waals surface area (Å²) in [5.74, 6) is 5.13. The highest BCUT2D eigenvalue weighted by atomic mass is 35.5. The molecule has 23 heavy (non-hydrogen) atoms. The Morgan fingerprint density at radius 2 is 1.78 bits per heavy atom. The van der Waals surface area contributed by atoms with Crippen molar-refractivity contribution in [1.82, 2.24) is 5.32 Å². The van der Waals surface area contributed by atoms with Crippen LogP contribution in [0.2, 0.25) is 5.02 Å². The molecule has 2 rings (SSSR count). The van der Waals surface area contributed by atoms with Crippen molar-refractivity contribution in [3.63, 3.8) is 0 Å². The summed E-state index contributed by atoms with van der Waals surface area (Å²) in [5.41, 5.74) is 7.12. The highest BCUT2D eigenvalue weighted by Crippen LogP contribution is 2.15. The molecule has 0 fully saturated rings. The molecule has 116 valence electrons. The van der Waals surface area contributed by atoms with Crippen LogP contribution < -0.4 is 11.1 Å². The molecule has 0 atom stereocenters. The highest BCUT2D eigenvalue weighted by Gasteiger charge is 2.05. The second kappa shape index (κ2) is 8.02. The molecule has 0 spiro atoms. The fourth-order valence-electron chi connectivity index (χ4n) is 1.88. The third-order valence-electron chi connectivity index (χ3n) is 3.08. The Morgan fingerprint density at radius 1 is 1.09 bits per heavy atom. The minimum Gasteiger partial charge on any atom is -0.366 e. The molecule has 3 N–H and O–H groups in total. The fraction of sp³-hybridized carbons (Fsp3) is 0.111. The number of nitrogens with two attached hydrogens (primary N) is 1. The van der Waals surface area contributed by atoms with E-state index >= 15 is 0 Å². The van der Waals surface area contributed by atoms with Gasteiger partial charge in [0.1, 0.15) is 0 Å². The van der Waals surface area contributed by atoms with E-state index < -0.39 is 5.91 Å². The van der Waals surface area contributed by atoms with E-state index in [0.717, 1.165) is 11.1 Å². The zero-order valence-corrected chi connectivity index (χ0v) is 13.1. The van der Waals surface area contributed by atoms with Crippen molar-refractivity contribution >= 4 is 23.4 Å². The molecule has 0 saturated heterocycles. The largest absolute Gasteiger partial charge is 0.366 e. The lowest BCUT2D eigenvalue weighted by Crippen LogP contribution is -2.25. The molecule has 0 heterocycles. The number of nitrogens with one attached hydrogen (secondary N) is 1. The molecular formula is C18H15ClN2O2. The summed E-state index contributed by atoms with van der Waals surface area (Å²) in [4.78, 5) is 22.8. The third-order valence-corrected chi connectivity index (χ3v) is 3.45. The molecule has 0 radical (unpaired) electrons. The number of hydrogen-bond donors (Lipinski definition) is 2. The molecule has 2 amide bonds. The van der Waals surface area contributed by atoms with Crippen LogP contribution in [-0.4, -0.2) is 18.4 Å². The van der Waals surface area contributed by atoms with Gasteiger partial charge in [-0.15, -0.1) is 0 Å². The Kier molecular flexibility index (Phi) is 5.79. The SMILES string of the molecule is NC(=O)c1ccc(C#CCNC(=O)Cc2ccccc2Cl)cc1. The first-order chi connectivity index (χ1) is 11.1. The van der Waals surface area contributed by atoms with E-state index in [9.17, 15) is 9.59 Å². The third kappa shape index (κ3) is 5.17. The molecule has 2 aromatic carbocycles. The lowest BCUT2D eigenvalue weighted by atomic mass is 10.1. The summed E-state index contributed by atoms with van der Waals surface area (Å²) < 4.78 is 0. The Morgan fingerprint density at radius 3 is 2.43 bits per heavy atom. The Hall–Kier alpha value is -2.77. The van der Waals surface area contributed by atoms with Crippen LogP contribution >= 0.6 is 11.6 Å². The molecule has 0 unspecified atom stereocenters. The van der Waals surface area contributed by atoms with Crippen LogP contribution in [-0.2, 0) is 11.2 Å². The minimum absolute atomic E-state index is 0.142. The lowest BCUT2D eigenvalue weighted by Gasteiger charge is -2.03. The topological polar surface area (TPSA) is 72.2 Å². The summed E-state index contributed by atoms with van der Waals surface area (Å²) >= 11 is 6.00. The number of halogens is 1. The number of primary amides is 1. The average molecular weight is 327 g/mol. The molecule has 0 aliphatic rings. The van der Waals surface area contributed by atoms with Crippen LogP contribution in [0.25, 0.3) is 0 Å². The summed E-state index contributed by atoms with van der Waals surface area (Å²) in [6.07, 6.45) is 0.217. The predicted octanol–water partition coefficient (Wildman–Crippen LogP) is 2.15. The molecule has 2 aromatic rings. The number of carbonyl (C=O) groups is 2. The maximum Gasteiger partial charge on any atom is 0.248 e. The van der Waals surface area contributed by atoms with E-state index in [1.807, 2.05) is 18.2 Å². The molecule has 0 aliphatic heterocycles. The van der Waals surface area contributed by atoms with Crippen molar-refractivity contribution in [2.45, 2.75) is 6.42 Å². The summed E-state index contributed by atoms with van der Waals surface area (Å²) in [5, 5.41) is 3.29. The maximum atomic E-state index is 11.8. The second-order valence-corrected chi connectivity index (χ2v) is 5.20. The number of carbonyl (C=O) groups excluding carboxylic acids is 2. The van der Waals surface area contributed by atoms with E-state index in [2.05, 4.69) is 17.2 Å². The molecule has 0 aromatic heterocycles. The van der Waals surface area contributed by atoms with Crippen molar-refractivity contribution in [2.24, 2.45) is 5.73 Å². The number of amides is 2. The lowest BCUT2D eigenvalue weighted by molar-refractivity contribution is -0.120. The molecular weight excluding hydrogens is 312 g/mol. The number of rotatable bonds is 4. The molecule has 0 saturated carbocycles. The van der Waals surface area contributed by atoms with E-state index in [1.54, 1.807) is 30.3 Å². The van der Waals surface area contributed by atoms with Gasteiger partial charge in [-0.3, -0.25) is 9.59 Å². The first kappa shape index (κ1) is 16.6. The Balaban J connectivity index is 1.84. The van der Waals surface area contributed by atoms with Crippen LogP contribution in [0.1, 0.15) is 21.5 Å². The summed E-state index contributed by atoms with van der Waals surface area (Å²) in [6.45, 7) is 0.237. The number of benzene rings is 2. The van der Waals surface area contributed by atoms with Gasteiger partial charge in [-0.1, -0.05) is 41.6 Å². The van der Waals surface area contributed by atoms with Gasteiger partial charge in [0.05, 0.1) is 13.0 Å². The van der Waals surface area contributed by atoms with Gasteiger partial charge in [0, 0.05) is 16.1 Å². The fourth-order valence-corrected chi connectivity index (χ4v) is 2.09. The van der Waals surface area contributed by atoms with Crippen LogP contribution in [0.15, 0.2) is 48.5 Å². The zero-order chi connectivity index (χ0) is 16.7. The standard InChI is InChI=1S/C18H15ClN2O2/c19-16-6-2-1-5-15(16)12-17(22)21-11-3-4-13-7-9-14(10-8-13)18(20)23/h1-2,5-10H,11-12H2,(H2,20,23)(H,21,22). The van der Waals surface area contributed by atoms with Gasteiger partial charge in [0.15, 0.2) is 0 Å². The Bertz CT molecular complexity index is 774. The quantitative estimate of drug-likeness (QED) is 0.845. The van der Waals surface area contributed by atoms with Crippen LogP contribution in [0.4, 0.5) is 0 Å². The van der Waals surface area contributed by atoms with E-state index in [4.69, 9.17) is 17.3 Å². The van der Waals surface area contributed by atoms with E-state index in [1.165, 1.54) is 0 Å². The highest BCUT2D eigenvalue weighted by molar-refractivity contribution is 6.31. The summed E-state index contributed by atoms with van der Waals surface area (Å²) in [7, 11) is 0. The van der Waals surface area contributed by atoms with Gasteiger partial charge in [0.2, 0.25) is 11.8 Å². The van der Waals surface area contributed by atoms with Gasteiger partial charge in [-0.2, -0.15) is 0 Å². The van der Waals surface area contributed by atoms with Gasteiger partial charge in [0.25, 0.3) is 0 Å². The van der Waals surface area contributed by atoms with Crippen LogP contribution in [0.5, 0.6) is 0 Å². The van der Waals surface area contributed by atoms with Gasteiger partial charge in [-0.25, -0.2) is 0 Å². The first-order valence-electron chi connectivity index (χ1n) is 6.95. The van der Waals surface area contributed by atoms with E-state index in [-0.39, 0.29) is 18.9 Å². The number of hydrogen-bond acceptors (Lipinski definition) is 2. The molecule has 0 bridgehead atoms. The van der Waals surface area contributed by atoms with Gasteiger partial charge in [-0.05, 0) is 35.9 Å². The average Bonchev–Trinajstić information content (AvgIpc) is 2.54. The monoisotopic (exact) mass is 326 g/mol. The maximum absolute atomic E-state index is 11.8. The predicted molar refractivity (Wildman–Crippen MR) is 90.0 cm³/mol. The first-order valence-corrected chi connectivity index (χ1v) is 7.33. The van der Waals surface area contributed by atoms with Gasteiger partial charge >= 0.3 is 0 Å². The Labute approximate surface area is 139 Å². The van der Waals surface area contributed by atoms with Crippen molar-refractivity contribution in [2.75, 3.05) is 6.54 Å². The van der Waals surface area contributed by atoms with Crippen LogP contribution in [0, 0.1) is 11.8 Å². The molecule has 0 aliphatic carbocycles. The van der Waals surface area contributed by atoms with Crippen molar-refractivity contribution in [3.8, 4) is 11.8 Å².